The van der Waals surface area contributed by atoms with Gasteiger partial charge in [0.25, 0.3) is 0 Å². The molecular weight excluding hydrogens is 825 g/mol. The van der Waals surface area contributed by atoms with E-state index in [1.165, 1.54) is 38.8 Å². The molecule has 0 unspecified atom stereocenters. The Labute approximate surface area is 288 Å². The average molecular weight is 858 g/mol. The first-order valence-corrected chi connectivity index (χ1v) is 26.7. The van der Waals surface area contributed by atoms with Crippen molar-refractivity contribution >= 4 is 76.3 Å². The van der Waals surface area contributed by atoms with Gasteiger partial charge in [-0.25, -0.2) is 0 Å². The first kappa shape index (κ1) is 36.7. The first-order chi connectivity index (χ1) is 22.0. The molecule has 0 fully saturated rings. The van der Waals surface area contributed by atoms with Crippen molar-refractivity contribution in [3.8, 4) is 6.07 Å². The van der Waals surface area contributed by atoms with E-state index in [2.05, 4.69) is 182 Å². The Bertz CT molecular complexity index is 1330. The molecule has 0 aliphatic heterocycles. The van der Waals surface area contributed by atoms with Crippen molar-refractivity contribution in [2.45, 2.75) is 6.92 Å². The van der Waals surface area contributed by atoms with Crippen LogP contribution in [-0.4, -0.2) is 0 Å². The van der Waals surface area contributed by atoms with Crippen LogP contribution in [0.4, 0.5) is 0 Å². The van der Waals surface area contributed by atoms with Crippen LogP contribution in [0.3, 0.4) is 0 Å². The van der Waals surface area contributed by atoms with E-state index in [-0.39, 0.29) is 0 Å². The number of nitrogens with zero attached hydrogens (tertiary/aromatic N) is 1. The van der Waals surface area contributed by atoms with E-state index >= 15 is 0 Å². The minimum Gasteiger partial charge on any atom is -0.0622 e. The van der Waals surface area contributed by atoms with Crippen LogP contribution in [0, 0.1) is 11.3 Å². The van der Waals surface area contributed by atoms with Crippen LogP contribution in [0.15, 0.2) is 182 Å². The Kier molecular flexibility index (Phi) is 17.8. The molecule has 0 radical (unpaired) electrons. The molecule has 7 heteroatoms. The maximum atomic E-state index is 7.32. The Morgan fingerprint density at radius 2 is 0.489 bits per heavy atom. The monoisotopic (exact) mass is 857 g/mol. The van der Waals surface area contributed by atoms with Crippen LogP contribution in [0.25, 0.3) is 0 Å². The summed E-state index contributed by atoms with van der Waals surface area (Å²) in [6.45, 7) is 1.43. The first-order valence-electron chi connectivity index (χ1n) is 14.0. The van der Waals surface area contributed by atoms with Crippen LogP contribution in [-0.2, 0) is 13.7 Å². The maximum Gasteiger partial charge on any atom is -0.0134 e. The summed E-state index contributed by atoms with van der Waals surface area (Å²) in [7, 11) is 14.1. The van der Waals surface area contributed by atoms with Gasteiger partial charge in [-0.05, 0) is 47.7 Å². The molecule has 6 aromatic rings. The normalized spacial score (nSPS) is 10.1. The third-order valence-electron chi connectivity index (χ3n) is 6.09. The second-order valence-corrected chi connectivity index (χ2v) is 25.3. The fourth-order valence-electron chi connectivity index (χ4n) is 4.36. The van der Waals surface area contributed by atoms with Crippen LogP contribution in [0.2, 0.25) is 0 Å². The zero-order valence-corrected chi connectivity index (χ0v) is 31.4. The molecular formula is C38H33Cl3NP2Re. The van der Waals surface area contributed by atoms with E-state index in [0.717, 1.165) is 0 Å². The van der Waals surface area contributed by atoms with E-state index in [9.17, 15) is 0 Å². The van der Waals surface area contributed by atoms with Gasteiger partial charge in [0.15, 0.2) is 0 Å². The Balaban J connectivity index is 0.000000204. The third kappa shape index (κ3) is 13.2. The second kappa shape index (κ2) is 21.9. The minimum absolute atomic E-state index is 0.446. The molecule has 0 spiro atoms. The molecule has 228 valence electrons. The van der Waals surface area contributed by atoms with Crippen molar-refractivity contribution in [2.24, 2.45) is 0 Å². The molecule has 0 bridgehead atoms. The zero-order chi connectivity index (χ0) is 32.1. The maximum absolute atomic E-state index is 7.32. The van der Waals surface area contributed by atoms with Crippen molar-refractivity contribution < 1.29 is 13.7 Å². The van der Waals surface area contributed by atoms with Crippen molar-refractivity contribution in [3.05, 3.63) is 182 Å². The van der Waals surface area contributed by atoms with Crippen molar-refractivity contribution in [2.75, 3.05) is 0 Å². The molecule has 0 saturated heterocycles. The van der Waals surface area contributed by atoms with E-state index in [4.69, 9.17) is 33.8 Å². The summed E-state index contributed by atoms with van der Waals surface area (Å²) in [5, 5.41) is 15.7. The Hall–Kier alpha value is -2.80. The number of benzene rings is 6. The van der Waals surface area contributed by atoms with E-state index in [1.807, 2.05) is 0 Å². The van der Waals surface area contributed by atoms with Crippen LogP contribution >= 0.6 is 44.4 Å². The van der Waals surface area contributed by atoms with Gasteiger partial charge in [0, 0.05) is 6.92 Å². The molecule has 0 aliphatic rings. The average Bonchev–Trinajstić information content (AvgIpc) is 3.09. The Morgan fingerprint density at radius 1 is 0.378 bits per heavy atom. The van der Waals surface area contributed by atoms with Gasteiger partial charge >= 0.3 is 42.3 Å². The van der Waals surface area contributed by atoms with Crippen LogP contribution < -0.4 is 31.8 Å². The largest absolute Gasteiger partial charge is 0.0622 e. The fraction of sp³-hybridized carbons (Fsp3) is 0.0263. The summed E-state index contributed by atoms with van der Waals surface area (Å²) in [6.07, 6.45) is 0. The molecule has 0 heterocycles. The molecule has 0 atom stereocenters. The van der Waals surface area contributed by atoms with Gasteiger partial charge in [-0.1, -0.05) is 182 Å². The topological polar surface area (TPSA) is 23.8 Å². The molecule has 0 aromatic heterocycles. The quantitative estimate of drug-likeness (QED) is 0.153. The van der Waals surface area contributed by atoms with Crippen LogP contribution in [0.5, 0.6) is 0 Å². The molecule has 0 saturated carbocycles. The summed E-state index contributed by atoms with van der Waals surface area (Å²) in [5.41, 5.74) is 0. The fourth-order valence-corrected chi connectivity index (χ4v) is 8.97. The van der Waals surface area contributed by atoms with E-state index in [1.54, 1.807) is 6.07 Å². The number of halogens is 3. The molecule has 1 nitrogen and oxygen atoms in total. The molecule has 0 aliphatic carbocycles. The van der Waals surface area contributed by atoms with Gasteiger partial charge in [0.2, 0.25) is 0 Å². The van der Waals surface area contributed by atoms with Gasteiger partial charge in [-0.2, -0.15) is 5.26 Å². The number of hydrogen-bond acceptors (Lipinski definition) is 1. The third-order valence-corrected chi connectivity index (χ3v) is 11.0. The molecule has 45 heavy (non-hydrogen) atoms. The molecule has 0 amide bonds. The van der Waals surface area contributed by atoms with Gasteiger partial charge in [0.05, 0.1) is 6.07 Å². The SMILES string of the molecule is CC#N.[Cl][Re]([Cl])[Cl].c1ccc(P(c2ccccc2)c2ccccc2)cc1.c1ccc(P(c2ccccc2)c2ccccc2)cc1. The zero-order valence-electron chi connectivity index (χ0n) is 24.7. The summed E-state index contributed by atoms with van der Waals surface area (Å²) in [5.74, 6) is 0. The van der Waals surface area contributed by atoms with Gasteiger partial charge in [0.1, 0.15) is 0 Å². The van der Waals surface area contributed by atoms with Gasteiger partial charge in [-0.15, -0.1) is 0 Å². The van der Waals surface area contributed by atoms with Gasteiger partial charge in [-0.3, -0.25) is 0 Å². The standard InChI is InChI=1S/2C18H15P.C2H3N.3ClH.Re/c2*1-4-10-16(11-5-1)19(17-12-6-2-7-13-17)18-14-8-3-9-15-18;1-2-3;;;;/h2*1-15H;1H3;3*1H;/q;;;;;;+3/p-3. The van der Waals surface area contributed by atoms with Crippen molar-refractivity contribution in [1.82, 2.24) is 0 Å². The predicted molar refractivity (Wildman–Crippen MR) is 199 cm³/mol. The smallest absolute Gasteiger partial charge is 0.0134 e. The van der Waals surface area contributed by atoms with E-state index in [0.29, 0.717) is 0 Å². The van der Waals surface area contributed by atoms with Crippen molar-refractivity contribution in [1.29, 1.82) is 5.26 Å². The molecule has 6 rings (SSSR count). The number of rotatable bonds is 6. The summed E-state index contributed by atoms with van der Waals surface area (Å²) in [6, 6.07) is 66.4. The molecule has 6 aromatic carbocycles. The summed E-state index contributed by atoms with van der Waals surface area (Å²) >= 11 is -2.05. The second-order valence-electron chi connectivity index (χ2n) is 9.07. The number of nitriles is 1. The molecule has 0 N–H and O–H groups in total. The Morgan fingerprint density at radius 3 is 0.600 bits per heavy atom. The summed E-state index contributed by atoms with van der Waals surface area (Å²) < 4.78 is 0. The van der Waals surface area contributed by atoms with Gasteiger partial charge < -0.3 is 0 Å². The van der Waals surface area contributed by atoms with Crippen molar-refractivity contribution in [3.63, 3.8) is 0 Å². The van der Waals surface area contributed by atoms with Crippen LogP contribution in [0.1, 0.15) is 6.92 Å². The summed E-state index contributed by atoms with van der Waals surface area (Å²) in [4.78, 5) is 0. The van der Waals surface area contributed by atoms with E-state index < -0.39 is 29.5 Å². The predicted octanol–water partition coefficient (Wildman–Crippen LogP) is 9.49. The number of hydrogen-bond donors (Lipinski definition) is 0. The minimum atomic E-state index is -2.05.